The molecular formula is C17H24N2O2. The summed E-state index contributed by atoms with van der Waals surface area (Å²) >= 11 is 0. The van der Waals surface area contributed by atoms with Crippen LogP contribution in [-0.2, 0) is 0 Å². The van der Waals surface area contributed by atoms with Gasteiger partial charge in [-0.1, -0.05) is 6.07 Å². The fourth-order valence-electron chi connectivity index (χ4n) is 3.73. The number of ketones is 1. The van der Waals surface area contributed by atoms with Crippen molar-refractivity contribution in [3.8, 4) is 5.75 Å². The van der Waals surface area contributed by atoms with Crippen molar-refractivity contribution in [2.24, 2.45) is 0 Å². The number of benzene rings is 1. The van der Waals surface area contributed by atoms with Crippen molar-refractivity contribution < 1.29 is 9.53 Å². The molecule has 2 heterocycles. The normalized spacial score (nSPS) is 22.8. The molecule has 0 amide bonds. The summed E-state index contributed by atoms with van der Waals surface area (Å²) in [6, 6.07) is 6.56. The molecule has 21 heavy (non-hydrogen) atoms. The van der Waals surface area contributed by atoms with E-state index in [-0.39, 0.29) is 5.78 Å². The van der Waals surface area contributed by atoms with Crippen LogP contribution in [0, 0.1) is 0 Å². The van der Waals surface area contributed by atoms with E-state index in [0.717, 1.165) is 30.8 Å². The predicted molar refractivity (Wildman–Crippen MR) is 84.4 cm³/mol. The van der Waals surface area contributed by atoms with Gasteiger partial charge in [-0.2, -0.15) is 0 Å². The van der Waals surface area contributed by atoms with Gasteiger partial charge in [-0.15, -0.1) is 0 Å². The zero-order valence-corrected chi connectivity index (χ0v) is 13.0. The largest absolute Gasteiger partial charge is 0.496 e. The summed E-state index contributed by atoms with van der Waals surface area (Å²) in [5, 5.41) is 0. The molecule has 0 N–H and O–H groups in total. The van der Waals surface area contributed by atoms with Gasteiger partial charge < -0.3 is 9.64 Å². The van der Waals surface area contributed by atoms with E-state index in [0.29, 0.717) is 11.8 Å². The minimum Gasteiger partial charge on any atom is -0.496 e. The Morgan fingerprint density at radius 1 is 1.24 bits per heavy atom. The first-order chi connectivity index (χ1) is 10.2. The van der Waals surface area contributed by atoms with Crippen molar-refractivity contribution >= 4 is 11.5 Å². The summed E-state index contributed by atoms with van der Waals surface area (Å²) in [6.07, 6.45) is 3.73. The molecule has 3 rings (SSSR count). The van der Waals surface area contributed by atoms with Gasteiger partial charge in [-0.05, 0) is 44.9 Å². The standard InChI is InChI=1S/C17H24N2O2/c1-13(20)17-15(7-3-8-16(17)21-2)19-11-5-10-18-9-4-6-14(18)12-19/h3,7-8,14H,4-6,9-12H2,1-2H3. The quantitative estimate of drug-likeness (QED) is 0.800. The number of nitrogens with zero attached hydrogens (tertiary/aromatic N) is 2. The molecule has 0 saturated carbocycles. The number of rotatable bonds is 3. The smallest absolute Gasteiger partial charge is 0.165 e. The second-order valence-electron chi connectivity index (χ2n) is 6.04. The van der Waals surface area contributed by atoms with E-state index in [1.807, 2.05) is 12.1 Å². The third-order valence-electron chi connectivity index (χ3n) is 4.72. The molecule has 1 atom stereocenters. The molecule has 4 nitrogen and oxygen atoms in total. The van der Waals surface area contributed by atoms with Crippen molar-refractivity contribution in [1.82, 2.24) is 4.90 Å². The second-order valence-corrected chi connectivity index (χ2v) is 6.04. The highest BCUT2D eigenvalue weighted by atomic mass is 16.5. The maximum atomic E-state index is 12.1. The summed E-state index contributed by atoms with van der Waals surface area (Å²) in [5.41, 5.74) is 1.77. The first-order valence-corrected chi connectivity index (χ1v) is 7.87. The Morgan fingerprint density at radius 3 is 2.81 bits per heavy atom. The molecular weight excluding hydrogens is 264 g/mol. The van der Waals surface area contributed by atoms with Crippen molar-refractivity contribution in [3.63, 3.8) is 0 Å². The SMILES string of the molecule is COc1cccc(N2CCCN3CCCC3C2)c1C(C)=O. The molecule has 1 aromatic carbocycles. The van der Waals surface area contributed by atoms with Crippen molar-refractivity contribution in [1.29, 1.82) is 0 Å². The van der Waals surface area contributed by atoms with Gasteiger partial charge in [0.2, 0.25) is 0 Å². The number of carbonyl (C=O) groups is 1. The number of carbonyl (C=O) groups excluding carboxylic acids is 1. The number of hydrogen-bond donors (Lipinski definition) is 0. The maximum Gasteiger partial charge on any atom is 0.165 e. The molecule has 1 aromatic rings. The van der Waals surface area contributed by atoms with Gasteiger partial charge in [-0.3, -0.25) is 9.69 Å². The minimum atomic E-state index is 0.0787. The monoisotopic (exact) mass is 288 g/mol. The minimum absolute atomic E-state index is 0.0787. The summed E-state index contributed by atoms with van der Waals surface area (Å²) in [7, 11) is 1.63. The van der Waals surface area contributed by atoms with Crippen LogP contribution >= 0.6 is 0 Å². The van der Waals surface area contributed by atoms with E-state index in [1.54, 1.807) is 14.0 Å². The first kappa shape index (κ1) is 14.4. The maximum absolute atomic E-state index is 12.1. The summed E-state index contributed by atoms with van der Waals surface area (Å²) in [5.74, 6) is 0.766. The molecule has 0 spiro atoms. The molecule has 114 valence electrons. The Hall–Kier alpha value is -1.55. The number of hydrogen-bond acceptors (Lipinski definition) is 4. The molecule has 2 aliphatic rings. The van der Waals surface area contributed by atoms with Gasteiger partial charge in [0.15, 0.2) is 5.78 Å². The lowest BCUT2D eigenvalue weighted by atomic mass is 10.1. The number of anilines is 1. The Kier molecular flexibility index (Phi) is 4.15. The number of methoxy groups -OCH3 is 1. The van der Waals surface area contributed by atoms with Crippen molar-refractivity contribution in [2.45, 2.75) is 32.2 Å². The van der Waals surface area contributed by atoms with Crippen LogP contribution < -0.4 is 9.64 Å². The number of Topliss-reactive ketones (excluding diaryl/α,β-unsaturated/α-hetero) is 1. The lowest BCUT2D eigenvalue weighted by Gasteiger charge is -2.29. The molecule has 1 unspecified atom stereocenters. The molecule has 0 bridgehead atoms. The van der Waals surface area contributed by atoms with Crippen LogP contribution in [0.25, 0.3) is 0 Å². The highest BCUT2D eigenvalue weighted by Crippen LogP contribution is 2.32. The Morgan fingerprint density at radius 2 is 2.05 bits per heavy atom. The summed E-state index contributed by atoms with van der Waals surface area (Å²) < 4.78 is 5.40. The van der Waals surface area contributed by atoms with E-state index in [2.05, 4.69) is 15.9 Å². The fraction of sp³-hybridized carbons (Fsp3) is 0.588. The third kappa shape index (κ3) is 2.77. The molecule has 0 radical (unpaired) electrons. The molecule has 2 fully saturated rings. The van der Waals surface area contributed by atoms with E-state index in [9.17, 15) is 4.79 Å². The topological polar surface area (TPSA) is 32.8 Å². The van der Waals surface area contributed by atoms with Crippen LogP contribution in [0.5, 0.6) is 5.75 Å². The van der Waals surface area contributed by atoms with Crippen LogP contribution in [-0.4, -0.2) is 50.0 Å². The van der Waals surface area contributed by atoms with E-state index in [4.69, 9.17) is 4.74 Å². The molecule has 0 aliphatic carbocycles. The zero-order chi connectivity index (χ0) is 14.8. The van der Waals surface area contributed by atoms with E-state index in [1.165, 1.54) is 25.9 Å². The third-order valence-corrected chi connectivity index (χ3v) is 4.72. The number of ether oxygens (including phenoxy) is 1. The summed E-state index contributed by atoms with van der Waals surface area (Å²) in [6.45, 7) is 6.08. The van der Waals surface area contributed by atoms with Gasteiger partial charge >= 0.3 is 0 Å². The summed E-state index contributed by atoms with van der Waals surface area (Å²) in [4.78, 5) is 17.1. The Labute approximate surface area is 126 Å². The average molecular weight is 288 g/mol. The lowest BCUT2D eigenvalue weighted by molar-refractivity contribution is 0.101. The second kappa shape index (κ2) is 6.06. The predicted octanol–water partition coefficient (Wildman–Crippen LogP) is 2.57. The van der Waals surface area contributed by atoms with Gasteiger partial charge in [0.05, 0.1) is 18.4 Å². The fourth-order valence-corrected chi connectivity index (χ4v) is 3.73. The van der Waals surface area contributed by atoms with Gasteiger partial charge in [0.25, 0.3) is 0 Å². The van der Waals surface area contributed by atoms with Crippen molar-refractivity contribution in [3.05, 3.63) is 23.8 Å². The molecule has 2 aliphatic heterocycles. The van der Waals surface area contributed by atoms with Gasteiger partial charge in [-0.25, -0.2) is 0 Å². The van der Waals surface area contributed by atoms with Crippen LogP contribution in [0.15, 0.2) is 18.2 Å². The van der Waals surface area contributed by atoms with E-state index < -0.39 is 0 Å². The molecule has 2 saturated heterocycles. The lowest BCUT2D eigenvalue weighted by Crippen LogP contribution is -2.37. The van der Waals surface area contributed by atoms with Crippen LogP contribution in [0.3, 0.4) is 0 Å². The van der Waals surface area contributed by atoms with Crippen LogP contribution in [0.2, 0.25) is 0 Å². The van der Waals surface area contributed by atoms with E-state index >= 15 is 0 Å². The van der Waals surface area contributed by atoms with Gasteiger partial charge in [0, 0.05) is 25.7 Å². The van der Waals surface area contributed by atoms with Crippen molar-refractivity contribution in [2.75, 3.05) is 38.2 Å². The highest BCUT2D eigenvalue weighted by Gasteiger charge is 2.30. The van der Waals surface area contributed by atoms with Crippen LogP contribution in [0.4, 0.5) is 5.69 Å². The highest BCUT2D eigenvalue weighted by molar-refractivity contribution is 6.02. The zero-order valence-electron chi connectivity index (χ0n) is 13.0. The Balaban J connectivity index is 1.93. The number of fused-ring (bicyclic) bond motifs is 1. The Bertz CT molecular complexity index is 530. The average Bonchev–Trinajstić information content (AvgIpc) is 2.83. The first-order valence-electron chi connectivity index (χ1n) is 7.87. The van der Waals surface area contributed by atoms with Crippen LogP contribution in [0.1, 0.15) is 36.5 Å². The molecule has 0 aromatic heterocycles. The van der Waals surface area contributed by atoms with Gasteiger partial charge in [0.1, 0.15) is 5.75 Å². The molecule has 4 heteroatoms.